The van der Waals surface area contributed by atoms with Crippen LogP contribution in [0.2, 0.25) is 0 Å². The molecular formula is C11H10F6O2. The van der Waals surface area contributed by atoms with Crippen molar-refractivity contribution in [1.82, 2.24) is 0 Å². The second-order valence-corrected chi connectivity index (χ2v) is 3.98. The van der Waals surface area contributed by atoms with Crippen LogP contribution >= 0.6 is 0 Å². The first-order valence-electron chi connectivity index (χ1n) is 4.96. The van der Waals surface area contributed by atoms with E-state index in [9.17, 15) is 31.4 Å². The molecule has 1 aromatic rings. The first-order chi connectivity index (χ1) is 8.41. The molecule has 0 aliphatic carbocycles. The molecule has 1 N–H and O–H groups in total. The summed E-state index contributed by atoms with van der Waals surface area (Å²) in [6, 6.07) is 1.54. The Hall–Kier alpha value is -1.44. The zero-order valence-electron chi connectivity index (χ0n) is 9.86. The average Bonchev–Trinajstić information content (AvgIpc) is 2.25. The number of ether oxygens (including phenoxy) is 1. The van der Waals surface area contributed by atoms with Crippen LogP contribution in [0, 0.1) is 0 Å². The van der Waals surface area contributed by atoms with Crippen molar-refractivity contribution in [2.75, 3.05) is 7.11 Å². The van der Waals surface area contributed by atoms with E-state index in [-0.39, 0.29) is 6.07 Å². The van der Waals surface area contributed by atoms with E-state index in [2.05, 4.69) is 4.74 Å². The summed E-state index contributed by atoms with van der Waals surface area (Å²) < 4.78 is 80.1. The molecule has 1 unspecified atom stereocenters. The number of benzene rings is 1. The average molecular weight is 288 g/mol. The summed E-state index contributed by atoms with van der Waals surface area (Å²) in [5.74, 6) is -0.477. The predicted molar refractivity (Wildman–Crippen MR) is 53.6 cm³/mol. The van der Waals surface area contributed by atoms with E-state index in [0.29, 0.717) is 13.0 Å². The Morgan fingerprint density at radius 3 is 1.95 bits per heavy atom. The molecule has 108 valence electrons. The molecule has 0 bridgehead atoms. The van der Waals surface area contributed by atoms with Crippen molar-refractivity contribution in [3.63, 3.8) is 0 Å². The Bertz CT molecular complexity index is 461. The molecular weight excluding hydrogens is 278 g/mol. The normalized spacial score (nSPS) is 16.1. The molecule has 0 radical (unpaired) electrons. The van der Waals surface area contributed by atoms with Crippen LogP contribution in [0.5, 0.6) is 5.75 Å². The van der Waals surface area contributed by atoms with Crippen LogP contribution in [0.1, 0.15) is 18.1 Å². The van der Waals surface area contributed by atoms with E-state index in [1.807, 2.05) is 0 Å². The van der Waals surface area contributed by atoms with Gasteiger partial charge in [-0.2, -0.15) is 26.3 Å². The van der Waals surface area contributed by atoms with Gasteiger partial charge in [-0.15, -0.1) is 0 Å². The summed E-state index contributed by atoms with van der Waals surface area (Å²) in [5.41, 5.74) is -5.73. The molecule has 1 atom stereocenters. The van der Waals surface area contributed by atoms with Gasteiger partial charge in [-0.3, -0.25) is 0 Å². The van der Waals surface area contributed by atoms with E-state index >= 15 is 0 Å². The van der Waals surface area contributed by atoms with Crippen LogP contribution in [0.4, 0.5) is 26.3 Å². The molecule has 1 aromatic carbocycles. The Morgan fingerprint density at radius 1 is 1.05 bits per heavy atom. The highest BCUT2D eigenvalue weighted by Gasteiger charge is 2.53. The van der Waals surface area contributed by atoms with Crippen LogP contribution in [0.15, 0.2) is 18.2 Å². The number of alkyl halides is 6. The van der Waals surface area contributed by atoms with Crippen molar-refractivity contribution in [2.45, 2.75) is 24.9 Å². The van der Waals surface area contributed by atoms with E-state index in [1.165, 1.54) is 0 Å². The summed E-state index contributed by atoms with van der Waals surface area (Å²) in [6.45, 7) is 0.366. The fraction of sp³-hybridized carbons (Fsp3) is 0.455. The van der Waals surface area contributed by atoms with Crippen molar-refractivity contribution < 1.29 is 36.2 Å². The smallest absolute Gasteiger partial charge is 0.421 e. The summed E-state index contributed by atoms with van der Waals surface area (Å²) >= 11 is 0. The van der Waals surface area contributed by atoms with Crippen LogP contribution in [0.3, 0.4) is 0 Å². The largest absolute Gasteiger partial charge is 0.496 e. The molecule has 0 saturated carbocycles. The van der Waals surface area contributed by atoms with Gasteiger partial charge in [0.15, 0.2) is 5.60 Å². The lowest BCUT2D eigenvalue weighted by atomic mass is 9.92. The Balaban J connectivity index is 3.48. The van der Waals surface area contributed by atoms with Gasteiger partial charge in [-0.1, -0.05) is 0 Å². The second kappa shape index (κ2) is 4.59. The van der Waals surface area contributed by atoms with Gasteiger partial charge in [0.1, 0.15) is 5.75 Å². The molecule has 0 spiro atoms. The zero-order chi connectivity index (χ0) is 15.1. The number of methoxy groups -OCH3 is 1. The highest BCUT2D eigenvalue weighted by Crippen LogP contribution is 2.44. The Morgan fingerprint density at radius 2 is 1.58 bits per heavy atom. The highest BCUT2D eigenvalue weighted by atomic mass is 19.4. The molecule has 0 aromatic heterocycles. The zero-order valence-corrected chi connectivity index (χ0v) is 9.86. The molecule has 1 rings (SSSR count). The Labute approximate surface area is 104 Å². The lowest BCUT2D eigenvalue weighted by Crippen LogP contribution is -2.39. The van der Waals surface area contributed by atoms with Gasteiger partial charge in [-0.05, 0) is 25.1 Å². The SMILES string of the molecule is COc1ccc(C(F)(F)F)cc1C(C)(O)C(F)(F)F. The van der Waals surface area contributed by atoms with Gasteiger partial charge in [0.2, 0.25) is 0 Å². The Kier molecular flexibility index (Phi) is 3.77. The fourth-order valence-corrected chi connectivity index (χ4v) is 1.42. The third kappa shape index (κ3) is 2.94. The third-order valence-corrected chi connectivity index (χ3v) is 2.60. The summed E-state index contributed by atoms with van der Waals surface area (Å²) in [6.07, 6.45) is -9.95. The van der Waals surface area contributed by atoms with Gasteiger partial charge in [0.05, 0.1) is 12.7 Å². The van der Waals surface area contributed by atoms with Crippen molar-refractivity contribution in [3.05, 3.63) is 29.3 Å². The van der Waals surface area contributed by atoms with Gasteiger partial charge in [0.25, 0.3) is 0 Å². The predicted octanol–water partition coefficient (Wildman–Crippen LogP) is 3.48. The molecule has 0 fully saturated rings. The molecule has 0 aliphatic rings. The number of aliphatic hydroxyl groups is 1. The van der Waals surface area contributed by atoms with E-state index < -0.39 is 34.8 Å². The monoisotopic (exact) mass is 288 g/mol. The summed E-state index contributed by atoms with van der Waals surface area (Å²) in [4.78, 5) is 0. The second-order valence-electron chi connectivity index (χ2n) is 3.98. The fourth-order valence-electron chi connectivity index (χ4n) is 1.42. The highest BCUT2D eigenvalue weighted by molar-refractivity contribution is 5.42. The topological polar surface area (TPSA) is 29.5 Å². The van der Waals surface area contributed by atoms with Gasteiger partial charge >= 0.3 is 12.4 Å². The maximum atomic E-state index is 12.7. The quantitative estimate of drug-likeness (QED) is 0.844. The van der Waals surface area contributed by atoms with Crippen molar-refractivity contribution in [3.8, 4) is 5.75 Å². The minimum Gasteiger partial charge on any atom is -0.496 e. The first-order valence-corrected chi connectivity index (χ1v) is 4.96. The molecule has 0 heterocycles. The minimum atomic E-state index is -5.13. The standard InChI is InChI=1S/C11H10F6O2/c1-9(18,11(15,16)17)7-5-6(10(12,13)14)3-4-8(7)19-2/h3-5,18H,1-2H3. The molecule has 0 saturated heterocycles. The minimum absolute atomic E-state index is 0.228. The molecule has 0 aliphatic heterocycles. The molecule has 2 nitrogen and oxygen atoms in total. The van der Waals surface area contributed by atoms with Crippen LogP contribution in [0.25, 0.3) is 0 Å². The van der Waals surface area contributed by atoms with Crippen LogP contribution < -0.4 is 4.74 Å². The molecule has 19 heavy (non-hydrogen) atoms. The lowest BCUT2D eigenvalue weighted by molar-refractivity contribution is -0.259. The first kappa shape index (κ1) is 15.6. The van der Waals surface area contributed by atoms with Gasteiger partial charge in [-0.25, -0.2) is 0 Å². The maximum absolute atomic E-state index is 12.7. The van der Waals surface area contributed by atoms with E-state index in [0.717, 1.165) is 13.2 Å². The van der Waals surface area contributed by atoms with Gasteiger partial charge < -0.3 is 9.84 Å². The van der Waals surface area contributed by atoms with Gasteiger partial charge in [0, 0.05) is 5.56 Å². The number of rotatable bonds is 2. The molecule has 8 heteroatoms. The van der Waals surface area contributed by atoms with Crippen molar-refractivity contribution in [2.24, 2.45) is 0 Å². The van der Waals surface area contributed by atoms with Crippen molar-refractivity contribution in [1.29, 1.82) is 0 Å². The summed E-state index contributed by atoms with van der Waals surface area (Å²) in [7, 11) is 0.999. The lowest BCUT2D eigenvalue weighted by Gasteiger charge is -2.28. The maximum Gasteiger partial charge on any atom is 0.421 e. The van der Waals surface area contributed by atoms with Crippen molar-refractivity contribution >= 4 is 0 Å². The summed E-state index contributed by atoms with van der Waals surface area (Å²) in [5, 5.41) is 9.45. The number of halogens is 6. The van der Waals surface area contributed by atoms with Crippen LogP contribution in [-0.4, -0.2) is 18.4 Å². The van der Waals surface area contributed by atoms with E-state index in [1.54, 1.807) is 0 Å². The molecule has 0 amide bonds. The number of hydrogen-bond acceptors (Lipinski definition) is 2. The van der Waals surface area contributed by atoms with E-state index in [4.69, 9.17) is 0 Å². The van der Waals surface area contributed by atoms with Crippen LogP contribution in [-0.2, 0) is 11.8 Å². The third-order valence-electron chi connectivity index (χ3n) is 2.60. The number of hydrogen-bond donors (Lipinski definition) is 1.